The minimum atomic E-state index is -0.990. The third-order valence-electron chi connectivity index (χ3n) is 5.61. The standard InChI is InChI=1S/C24H30ClN3O3/c1-17-6-5-7-21(18(17)2)26-22(29)16-27-12-14-28(15-13-27)23(30)24(3,4)31-20-10-8-19(25)9-11-20/h5-11H,12-16H2,1-4H3,(H,26,29). The van der Waals surface area contributed by atoms with Gasteiger partial charge in [0.2, 0.25) is 5.91 Å². The van der Waals surface area contributed by atoms with E-state index >= 15 is 0 Å². The molecule has 166 valence electrons. The first-order valence-corrected chi connectivity index (χ1v) is 10.9. The fraction of sp³-hybridized carbons (Fsp3) is 0.417. The van der Waals surface area contributed by atoms with E-state index in [1.807, 2.05) is 32.0 Å². The molecule has 1 N–H and O–H groups in total. The van der Waals surface area contributed by atoms with Crippen molar-refractivity contribution in [2.45, 2.75) is 33.3 Å². The van der Waals surface area contributed by atoms with Gasteiger partial charge < -0.3 is 15.0 Å². The SMILES string of the molecule is Cc1cccc(NC(=O)CN2CCN(C(=O)C(C)(C)Oc3ccc(Cl)cc3)CC2)c1C. The van der Waals surface area contributed by atoms with E-state index in [2.05, 4.69) is 10.2 Å². The molecule has 31 heavy (non-hydrogen) atoms. The van der Waals surface area contributed by atoms with Crippen LogP contribution in [0.15, 0.2) is 42.5 Å². The normalized spacial score (nSPS) is 14.9. The van der Waals surface area contributed by atoms with E-state index in [9.17, 15) is 9.59 Å². The van der Waals surface area contributed by atoms with Gasteiger partial charge in [-0.2, -0.15) is 0 Å². The van der Waals surface area contributed by atoms with Crippen LogP contribution in [0, 0.1) is 13.8 Å². The number of benzene rings is 2. The Morgan fingerprint density at radius 3 is 2.32 bits per heavy atom. The molecule has 0 radical (unpaired) electrons. The molecule has 0 aromatic heterocycles. The number of carbonyl (C=O) groups is 2. The number of hydrogen-bond acceptors (Lipinski definition) is 4. The van der Waals surface area contributed by atoms with Crippen molar-refractivity contribution in [1.82, 2.24) is 9.80 Å². The number of halogens is 1. The molecule has 1 saturated heterocycles. The lowest BCUT2D eigenvalue weighted by molar-refractivity contribution is -0.147. The molecule has 2 amide bonds. The summed E-state index contributed by atoms with van der Waals surface area (Å²) < 4.78 is 5.92. The van der Waals surface area contributed by atoms with Gasteiger partial charge in [0.05, 0.1) is 6.54 Å². The van der Waals surface area contributed by atoms with Crippen LogP contribution < -0.4 is 10.1 Å². The van der Waals surface area contributed by atoms with Crippen LogP contribution in [-0.4, -0.2) is 59.9 Å². The maximum absolute atomic E-state index is 13.0. The molecule has 0 spiro atoms. The minimum absolute atomic E-state index is 0.0418. The highest BCUT2D eigenvalue weighted by Gasteiger charge is 2.35. The van der Waals surface area contributed by atoms with Gasteiger partial charge in [0.25, 0.3) is 5.91 Å². The van der Waals surface area contributed by atoms with E-state index in [0.29, 0.717) is 43.5 Å². The molecule has 1 fully saturated rings. The summed E-state index contributed by atoms with van der Waals surface area (Å²) in [6.07, 6.45) is 0. The number of carbonyl (C=O) groups excluding carboxylic acids is 2. The van der Waals surface area contributed by atoms with Gasteiger partial charge in [0.1, 0.15) is 5.75 Å². The van der Waals surface area contributed by atoms with E-state index in [1.165, 1.54) is 0 Å². The average molecular weight is 444 g/mol. The molecule has 2 aromatic rings. The minimum Gasteiger partial charge on any atom is -0.478 e. The van der Waals surface area contributed by atoms with Crippen molar-refractivity contribution >= 4 is 29.1 Å². The third kappa shape index (κ3) is 5.99. The summed E-state index contributed by atoms with van der Waals surface area (Å²) in [5.41, 5.74) is 2.08. The summed E-state index contributed by atoms with van der Waals surface area (Å²) >= 11 is 5.91. The van der Waals surface area contributed by atoms with Gasteiger partial charge in [-0.3, -0.25) is 14.5 Å². The second kappa shape index (κ2) is 9.71. The van der Waals surface area contributed by atoms with E-state index in [-0.39, 0.29) is 11.8 Å². The lowest BCUT2D eigenvalue weighted by Crippen LogP contribution is -2.56. The number of hydrogen-bond donors (Lipinski definition) is 1. The van der Waals surface area contributed by atoms with Gasteiger partial charge in [-0.05, 0) is 69.2 Å². The van der Waals surface area contributed by atoms with Crippen molar-refractivity contribution in [3.05, 3.63) is 58.6 Å². The van der Waals surface area contributed by atoms with Crippen LogP contribution in [0.5, 0.6) is 5.75 Å². The lowest BCUT2D eigenvalue weighted by Gasteiger charge is -2.38. The van der Waals surface area contributed by atoms with E-state index in [0.717, 1.165) is 16.8 Å². The molecule has 7 heteroatoms. The molecular formula is C24H30ClN3O3. The second-order valence-electron chi connectivity index (χ2n) is 8.43. The van der Waals surface area contributed by atoms with Crippen molar-refractivity contribution < 1.29 is 14.3 Å². The monoisotopic (exact) mass is 443 g/mol. The highest BCUT2D eigenvalue weighted by molar-refractivity contribution is 6.30. The highest BCUT2D eigenvalue weighted by Crippen LogP contribution is 2.23. The van der Waals surface area contributed by atoms with Crippen molar-refractivity contribution in [2.75, 3.05) is 38.0 Å². The Labute approximate surface area is 189 Å². The van der Waals surface area contributed by atoms with Crippen molar-refractivity contribution in [1.29, 1.82) is 0 Å². The van der Waals surface area contributed by atoms with Gasteiger partial charge in [-0.1, -0.05) is 23.7 Å². The molecule has 0 aliphatic carbocycles. The Balaban J connectivity index is 1.50. The predicted molar refractivity (Wildman–Crippen MR) is 124 cm³/mol. The van der Waals surface area contributed by atoms with Crippen molar-refractivity contribution in [2.24, 2.45) is 0 Å². The number of aryl methyl sites for hydroxylation is 1. The van der Waals surface area contributed by atoms with Crippen molar-refractivity contribution in [3.8, 4) is 5.75 Å². The molecule has 2 aromatic carbocycles. The van der Waals surface area contributed by atoms with Crippen LogP contribution in [0.25, 0.3) is 0 Å². The molecular weight excluding hydrogens is 414 g/mol. The summed E-state index contributed by atoms with van der Waals surface area (Å²) in [5, 5.41) is 3.62. The van der Waals surface area contributed by atoms with Crippen LogP contribution in [0.4, 0.5) is 5.69 Å². The summed E-state index contributed by atoms with van der Waals surface area (Å²) in [4.78, 5) is 29.4. The predicted octanol–water partition coefficient (Wildman–Crippen LogP) is 3.90. The number of amides is 2. The van der Waals surface area contributed by atoms with Gasteiger partial charge in [0, 0.05) is 36.9 Å². The molecule has 1 aliphatic rings. The smallest absolute Gasteiger partial charge is 0.266 e. The fourth-order valence-corrected chi connectivity index (χ4v) is 3.74. The summed E-state index contributed by atoms with van der Waals surface area (Å²) in [5.74, 6) is 0.492. The zero-order valence-corrected chi connectivity index (χ0v) is 19.3. The van der Waals surface area contributed by atoms with Crippen LogP contribution in [-0.2, 0) is 9.59 Å². The molecule has 0 unspecified atom stereocenters. The average Bonchev–Trinajstić information content (AvgIpc) is 2.73. The number of nitrogens with one attached hydrogen (secondary N) is 1. The van der Waals surface area contributed by atoms with E-state index in [1.54, 1.807) is 43.0 Å². The zero-order chi connectivity index (χ0) is 22.6. The van der Waals surface area contributed by atoms with Gasteiger partial charge in [0.15, 0.2) is 5.60 Å². The number of rotatable bonds is 6. The van der Waals surface area contributed by atoms with E-state index < -0.39 is 5.60 Å². The zero-order valence-electron chi connectivity index (χ0n) is 18.6. The Hall–Kier alpha value is -2.57. The van der Waals surface area contributed by atoms with Gasteiger partial charge in [-0.15, -0.1) is 0 Å². The first kappa shape index (κ1) is 23.1. The summed E-state index contributed by atoms with van der Waals surface area (Å²) in [6, 6.07) is 12.9. The quantitative estimate of drug-likeness (QED) is 0.735. The molecule has 6 nitrogen and oxygen atoms in total. The first-order chi connectivity index (χ1) is 14.7. The van der Waals surface area contributed by atoms with Crippen LogP contribution in [0.1, 0.15) is 25.0 Å². The second-order valence-corrected chi connectivity index (χ2v) is 8.87. The maximum atomic E-state index is 13.0. The summed E-state index contributed by atoms with van der Waals surface area (Å²) in [6.45, 7) is 10.3. The Morgan fingerprint density at radius 1 is 1.03 bits per heavy atom. The lowest BCUT2D eigenvalue weighted by atomic mass is 10.1. The molecule has 1 aliphatic heterocycles. The van der Waals surface area contributed by atoms with Crippen LogP contribution in [0.2, 0.25) is 5.02 Å². The molecule has 0 saturated carbocycles. The van der Waals surface area contributed by atoms with E-state index in [4.69, 9.17) is 16.3 Å². The molecule has 3 rings (SSSR count). The Kier molecular flexibility index (Phi) is 7.23. The fourth-order valence-electron chi connectivity index (χ4n) is 3.61. The highest BCUT2D eigenvalue weighted by atomic mass is 35.5. The number of piperazine rings is 1. The molecule has 1 heterocycles. The first-order valence-electron chi connectivity index (χ1n) is 10.5. The molecule has 0 atom stereocenters. The van der Waals surface area contributed by atoms with Crippen molar-refractivity contribution in [3.63, 3.8) is 0 Å². The maximum Gasteiger partial charge on any atom is 0.266 e. The number of ether oxygens (including phenoxy) is 1. The van der Waals surface area contributed by atoms with Gasteiger partial charge >= 0.3 is 0 Å². The third-order valence-corrected chi connectivity index (χ3v) is 5.86. The van der Waals surface area contributed by atoms with Crippen LogP contribution in [0.3, 0.4) is 0 Å². The summed E-state index contributed by atoms with van der Waals surface area (Å²) in [7, 11) is 0. The Bertz CT molecular complexity index is 936. The topological polar surface area (TPSA) is 61.9 Å². The van der Waals surface area contributed by atoms with Crippen LogP contribution >= 0.6 is 11.6 Å². The molecule has 0 bridgehead atoms. The largest absolute Gasteiger partial charge is 0.478 e. The number of anilines is 1. The number of nitrogens with zero attached hydrogens (tertiary/aromatic N) is 2. The van der Waals surface area contributed by atoms with Gasteiger partial charge in [-0.25, -0.2) is 0 Å². The Morgan fingerprint density at radius 2 is 1.68 bits per heavy atom.